The van der Waals surface area contributed by atoms with Gasteiger partial charge < -0.3 is 15.0 Å². The van der Waals surface area contributed by atoms with Gasteiger partial charge in [0.2, 0.25) is 5.91 Å². The first-order valence-corrected chi connectivity index (χ1v) is 10.1. The topological polar surface area (TPSA) is 41.6 Å². The van der Waals surface area contributed by atoms with E-state index in [4.69, 9.17) is 4.74 Å². The lowest BCUT2D eigenvalue weighted by Crippen LogP contribution is -2.36. The average molecular weight is 371 g/mol. The zero-order chi connectivity index (χ0) is 18.4. The second kappa shape index (κ2) is 9.10. The van der Waals surface area contributed by atoms with Crippen LogP contribution < -0.4 is 10.2 Å². The molecule has 0 aliphatic carbocycles. The summed E-state index contributed by atoms with van der Waals surface area (Å²) in [7, 11) is 0. The van der Waals surface area contributed by atoms with Crippen molar-refractivity contribution in [2.75, 3.05) is 36.5 Å². The summed E-state index contributed by atoms with van der Waals surface area (Å²) in [6, 6.07) is 16.4. The summed E-state index contributed by atoms with van der Waals surface area (Å²) in [4.78, 5) is 14.7. The lowest BCUT2D eigenvalue weighted by molar-refractivity contribution is -0.115. The Bertz CT molecular complexity index is 727. The molecule has 1 heterocycles. The zero-order valence-corrected chi connectivity index (χ0v) is 16.2. The van der Waals surface area contributed by atoms with Gasteiger partial charge >= 0.3 is 0 Å². The fourth-order valence-electron chi connectivity index (χ4n) is 2.88. The predicted molar refractivity (Wildman–Crippen MR) is 110 cm³/mol. The first-order valence-electron chi connectivity index (χ1n) is 9.03. The third-order valence-electron chi connectivity index (χ3n) is 4.63. The van der Waals surface area contributed by atoms with Crippen molar-refractivity contribution in [3.05, 3.63) is 59.7 Å². The molecule has 5 heteroatoms. The SMILES string of the molecule is Cc1ccccc1CSC(C)C(=O)Nc1ccc(N2CCOCC2)cc1. The van der Waals surface area contributed by atoms with Crippen LogP contribution in [0.3, 0.4) is 0 Å². The van der Waals surface area contributed by atoms with Crippen molar-refractivity contribution < 1.29 is 9.53 Å². The Labute approximate surface area is 159 Å². The van der Waals surface area contributed by atoms with Gasteiger partial charge in [-0.2, -0.15) is 0 Å². The number of hydrogen-bond acceptors (Lipinski definition) is 4. The Kier molecular flexibility index (Phi) is 6.58. The number of carbonyl (C=O) groups is 1. The number of thioether (sulfide) groups is 1. The lowest BCUT2D eigenvalue weighted by atomic mass is 10.1. The highest BCUT2D eigenvalue weighted by Gasteiger charge is 2.15. The predicted octanol–water partition coefficient (Wildman–Crippen LogP) is 4.09. The van der Waals surface area contributed by atoms with Crippen LogP contribution in [0.2, 0.25) is 0 Å². The molecule has 0 radical (unpaired) electrons. The van der Waals surface area contributed by atoms with Crippen molar-refractivity contribution in [3.8, 4) is 0 Å². The molecule has 1 fully saturated rings. The normalized spacial score (nSPS) is 15.5. The Hall–Kier alpha value is -1.98. The summed E-state index contributed by atoms with van der Waals surface area (Å²) in [5.74, 6) is 0.889. The van der Waals surface area contributed by atoms with E-state index in [1.54, 1.807) is 11.8 Å². The van der Waals surface area contributed by atoms with Crippen molar-refractivity contribution in [1.82, 2.24) is 0 Å². The highest BCUT2D eigenvalue weighted by atomic mass is 32.2. The van der Waals surface area contributed by atoms with E-state index in [1.807, 2.05) is 31.2 Å². The second-order valence-electron chi connectivity index (χ2n) is 6.52. The Morgan fingerprint density at radius 1 is 1.15 bits per heavy atom. The maximum Gasteiger partial charge on any atom is 0.237 e. The van der Waals surface area contributed by atoms with Crippen LogP contribution >= 0.6 is 11.8 Å². The minimum absolute atomic E-state index is 0.0442. The van der Waals surface area contributed by atoms with E-state index in [0.29, 0.717) is 0 Å². The Morgan fingerprint density at radius 3 is 2.54 bits per heavy atom. The first kappa shape index (κ1) is 18.8. The van der Waals surface area contributed by atoms with Crippen LogP contribution in [0.4, 0.5) is 11.4 Å². The number of amides is 1. The molecule has 4 nitrogen and oxygen atoms in total. The summed E-state index contributed by atoms with van der Waals surface area (Å²) in [6.07, 6.45) is 0. The Morgan fingerprint density at radius 2 is 1.85 bits per heavy atom. The molecule has 2 aromatic carbocycles. The van der Waals surface area contributed by atoms with E-state index < -0.39 is 0 Å². The number of anilines is 2. The fourth-order valence-corrected chi connectivity index (χ4v) is 3.85. The lowest BCUT2D eigenvalue weighted by Gasteiger charge is -2.28. The number of carbonyl (C=O) groups excluding carboxylic acids is 1. The van der Waals surface area contributed by atoms with E-state index in [-0.39, 0.29) is 11.2 Å². The van der Waals surface area contributed by atoms with Crippen LogP contribution in [0.5, 0.6) is 0 Å². The van der Waals surface area contributed by atoms with Gasteiger partial charge in [-0.25, -0.2) is 0 Å². The molecule has 0 bridgehead atoms. The summed E-state index contributed by atoms with van der Waals surface area (Å²) in [5, 5.41) is 2.92. The maximum atomic E-state index is 12.4. The summed E-state index contributed by atoms with van der Waals surface area (Å²) in [5.41, 5.74) is 4.57. The number of nitrogens with zero attached hydrogens (tertiary/aromatic N) is 1. The van der Waals surface area contributed by atoms with Crippen LogP contribution in [0.25, 0.3) is 0 Å². The highest BCUT2D eigenvalue weighted by molar-refractivity contribution is 7.99. The molecule has 1 amide bonds. The molecule has 1 saturated heterocycles. The molecule has 3 rings (SSSR count). The monoisotopic (exact) mass is 370 g/mol. The van der Waals surface area contributed by atoms with Gasteiger partial charge in [-0.3, -0.25) is 4.79 Å². The third-order valence-corrected chi connectivity index (χ3v) is 5.82. The standard InChI is InChI=1S/C21H26N2O2S/c1-16-5-3-4-6-18(16)15-26-17(2)21(24)22-19-7-9-20(10-8-19)23-11-13-25-14-12-23/h3-10,17H,11-15H2,1-2H3,(H,22,24). The number of ether oxygens (including phenoxy) is 1. The fraction of sp³-hybridized carbons (Fsp3) is 0.381. The largest absolute Gasteiger partial charge is 0.378 e. The molecule has 26 heavy (non-hydrogen) atoms. The van der Waals surface area contributed by atoms with Gasteiger partial charge in [0.1, 0.15) is 0 Å². The molecular formula is C21H26N2O2S. The average Bonchev–Trinajstić information content (AvgIpc) is 2.68. The molecule has 1 atom stereocenters. The third kappa shape index (κ3) is 5.02. The molecule has 1 unspecified atom stereocenters. The van der Waals surface area contributed by atoms with Gasteiger partial charge in [0, 0.05) is 30.2 Å². The van der Waals surface area contributed by atoms with Crippen molar-refractivity contribution >= 4 is 29.0 Å². The minimum Gasteiger partial charge on any atom is -0.378 e. The molecule has 0 spiro atoms. The van der Waals surface area contributed by atoms with Crippen molar-refractivity contribution in [2.45, 2.75) is 24.9 Å². The van der Waals surface area contributed by atoms with E-state index in [9.17, 15) is 4.79 Å². The van der Waals surface area contributed by atoms with Gasteiger partial charge in [0.05, 0.1) is 18.5 Å². The van der Waals surface area contributed by atoms with Crippen LogP contribution in [-0.4, -0.2) is 37.5 Å². The van der Waals surface area contributed by atoms with E-state index in [2.05, 4.69) is 41.4 Å². The van der Waals surface area contributed by atoms with Crippen molar-refractivity contribution in [1.29, 1.82) is 0 Å². The summed E-state index contributed by atoms with van der Waals surface area (Å²) >= 11 is 1.66. The molecule has 138 valence electrons. The van der Waals surface area contributed by atoms with Crippen LogP contribution in [-0.2, 0) is 15.3 Å². The molecule has 0 aromatic heterocycles. The second-order valence-corrected chi connectivity index (χ2v) is 7.84. The quantitative estimate of drug-likeness (QED) is 0.831. The van der Waals surface area contributed by atoms with E-state index in [0.717, 1.165) is 37.7 Å². The van der Waals surface area contributed by atoms with Crippen LogP contribution in [0.1, 0.15) is 18.1 Å². The zero-order valence-electron chi connectivity index (χ0n) is 15.4. The van der Waals surface area contributed by atoms with Crippen LogP contribution in [0, 0.1) is 6.92 Å². The molecule has 2 aromatic rings. The first-order chi connectivity index (χ1) is 12.6. The van der Waals surface area contributed by atoms with Crippen molar-refractivity contribution in [2.24, 2.45) is 0 Å². The number of nitrogens with one attached hydrogen (secondary N) is 1. The molecule has 1 aliphatic heterocycles. The van der Waals surface area contributed by atoms with Gasteiger partial charge in [0.15, 0.2) is 0 Å². The van der Waals surface area contributed by atoms with Gasteiger partial charge in [-0.15, -0.1) is 11.8 Å². The smallest absolute Gasteiger partial charge is 0.237 e. The van der Waals surface area contributed by atoms with Crippen LogP contribution in [0.15, 0.2) is 48.5 Å². The molecule has 0 saturated carbocycles. The number of morpholine rings is 1. The molecular weight excluding hydrogens is 344 g/mol. The minimum atomic E-state index is -0.103. The number of benzene rings is 2. The van der Waals surface area contributed by atoms with Gasteiger partial charge in [-0.05, 0) is 49.2 Å². The Balaban J connectivity index is 1.51. The highest BCUT2D eigenvalue weighted by Crippen LogP contribution is 2.23. The summed E-state index contributed by atoms with van der Waals surface area (Å²) < 4.78 is 5.39. The number of aryl methyl sites for hydroxylation is 1. The molecule has 1 N–H and O–H groups in total. The van der Waals surface area contributed by atoms with Gasteiger partial charge in [0.25, 0.3) is 0 Å². The number of rotatable bonds is 6. The maximum absolute atomic E-state index is 12.4. The van der Waals surface area contributed by atoms with Gasteiger partial charge in [-0.1, -0.05) is 24.3 Å². The van der Waals surface area contributed by atoms with Crippen molar-refractivity contribution in [3.63, 3.8) is 0 Å². The van der Waals surface area contributed by atoms with E-state index in [1.165, 1.54) is 16.8 Å². The molecule has 1 aliphatic rings. The van der Waals surface area contributed by atoms with E-state index >= 15 is 0 Å². The number of hydrogen-bond donors (Lipinski definition) is 1. The summed E-state index contributed by atoms with van der Waals surface area (Å²) in [6.45, 7) is 7.44.